The monoisotopic (exact) mass is 340 g/mol. The van der Waals surface area contributed by atoms with Gasteiger partial charge < -0.3 is 4.90 Å². The number of carbonyl (C=O) groups is 1. The predicted molar refractivity (Wildman–Crippen MR) is 98.5 cm³/mol. The zero-order chi connectivity index (χ0) is 17.4. The van der Waals surface area contributed by atoms with Crippen LogP contribution in [0, 0.1) is 5.92 Å². The molecule has 4 rings (SSSR count). The molecule has 134 valence electrons. The number of aromatic nitrogens is 3. The Bertz CT molecular complexity index is 762. The van der Waals surface area contributed by atoms with Gasteiger partial charge in [0.05, 0.1) is 17.8 Å². The van der Waals surface area contributed by atoms with Crippen LogP contribution in [-0.2, 0) is 0 Å². The minimum Gasteiger partial charge on any atom is -0.338 e. The van der Waals surface area contributed by atoms with E-state index in [1.165, 1.54) is 44.9 Å². The molecule has 0 aromatic carbocycles. The van der Waals surface area contributed by atoms with E-state index in [-0.39, 0.29) is 5.91 Å². The highest BCUT2D eigenvalue weighted by atomic mass is 16.2. The van der Waals surface area contributed by atoms with Crippen molar-refractivity contribution < 1.29 is 4.79 Å². The van der Waals surface area contributed by atoms with E-state index in [0.29, 0.717) is 23.6 Å². The van der Waals surface area contributed by atoms with Gasteiger partial charge in [0.2, 0.25) is 0 Å². The van der Waals surface area contributed by atoms with E-state index in [2.05, 4.69) is 21.7 Å². The van der Waals surface area contributed by atoms with E-state index in [0.717, 1.165) is 17.5 Å². The summed E-state index contributed by atoms with van der Waals surface area (Å²) < 4.78 is 2.06. The normalized spacial score (nSPS) is 24.7. The third-order valence-electron chi connectivity index (χ3n) is 6.23. The van der Waals surface area contributed by atoms with Crippen molar-refractivity contribution in [1.29, 1.82) is 0 Å². The summed E-state index contributed by atoms with van der Waals surface area (Å²) in [6.07, 6.45) is 13.3. The molecule has 2 fully saturated rings. The van der Waals surface area contributed by atoms with Crippen molar-refractivity contribution in [2.75, 3.05) is 7.05 Å². The molecule has 0 saturated heterocycles. The first-order valence-electron chi connectivity index (χ1n) is 9.75. The lowest BCUT2D eigenvalue weighted by molar-refractivity contribution is 0.0628. The van der Waals surface area contributed by atoms with Crippen LogP contribution in [0.3, 0.4) is 0 Å². The molecule has 5 nitrogen and oxygen atoms in total. The molecule has 2 aromatic rings. The second-order valence-electron chi connectivity index (χ2n) is 7.91. The zero-order valence-electron chi connectivity index (χ0n) is 15.3. The lowest BCUT2D eigenvalue weighted by atomic mass is 9.85. The fourth-order valence-electron chi connectivity index (χ4n) is 4.70. The summed E-state index contributed by atoms with van der Waals surface area (Å²) in [4.78, 5) is 19.5. The van der Waals surface area contributed by atoms with Crippen LogP contribution in [0.5, 0.6) is 0 Å². The molecule has 0 radical (unpaired) electrons. The second kappa shape index (κ2) is 6.77. The van der Waals surface area contributed by atoms with Crippen LogP contribution in [0.2, 0.25) is 0 Å². The predicted octanol–water partition coefficient (Wildman–Crippen LogP) is 4.20. The van der Waals surface area contributed by atoms with Crippen molar-refractivity contribution >= 4 is 16.9 Å². The number of fused-ring (bicyclic) bond motifs is 1. The van der Waals surface area contributed by atoms with Crippen molar-refractivity contribution in [2.24, 2.45) is 5.92 Å². The first-order valence-corrected chi connectivity index (χ1v) is 9.75. The third-order valence-corrected chi connectivity index (χ3v) is 6.23. The Balaban J connectivity index is 1.57. The van der Waals surface area contributed by atoms with Gasteiger partial charge in [-0.25, -0.2) is 9.67 Å². The smallest absolute Gasteiger partial charge is 0.255 e. The Morgan fingerprint density at radius 1 is 1.12 bits per heavy atom. The van der Waals surface area contributed by atoms with Crippen molar-refractivity contribution in [3.05, 3.63) is 24.0 Å². The highest BCUT2D eigenvalue weighted by Gasteiger charge is 2.29. The molecule has 2 aliphatic carbocycles. The molecule has 0 unspecified atom stereocenters. The van der Waals surface area contributed by atoms with Gasteiger partial charge in [-0.05, 0) is 37.7 Å². The van der Waals surface area contributed by atoms with E-state index in [9.17, 15) is 4.79 Å². The lowest BCUT2D eigenvalue weighted by Crippen LogP contribution is -2.42. The summed E-state index contributed by atoms with van der Waals surface area (Å²) >= 11 is 0. The Morgan fingerprint density at radius 2 is 1.84 bits per heavy atom. The van der Waals surface area contributed by atoms with Crippen molar-refractivity contribution in [3.63, 3.8) is 0 Å². The number of pyridine rings is 1. The van der Waals surface area contributed by atoms with Gasteiger partial charge >= 0.3 is 0 Å². The standard InChI is InChI=1S/C20H28N4O/c1-14-7-3-6-10-18(14)23(2)20(25)16-11-15-13-22-24(19(15)21-12-16)17-8-4-5-9-17/h11-14,17-18H,3-10H2,1-2H3/t14-,18+/m1/s1. The Hall–Kier alpha value is -1.91. The molecule has 25 heavy (non-hydrogen) atoms. The SMILES string of the molecule is C[C@@H]1CCCC[C@@H]1N(C)C(=O)c1cnc2c(cnn2C2CCCC2)c1. The van der Waals surface area contributed by atoms with Gasteiger partial charge in [-0.1, -0.05) is 32.6 Å². The molecule has 0 spiro atoms. The van der Waals surface area contributed by atoms with Crippen molar-refractivity contribution in [3.8, 4) is 0 Å². The average Bonchev–Trinajstić information content (AvgIpc) is 3.29. The minimum atomic E-state index is 0.0850. The number of carbonyl (C=O) groups excluding carboxylic acids is 1. The molecule has 2 aromatic heterocycles. The summed E-state index contributed by atoms with van der Waals surface area (Å²) in [5.41, 5.74) is 1.59. The molecule has 2 aliphatic rings. The van der Waals surface area contributed by atoms with Crippen LogP contribution in [-0.4, -0.2) is 38.7 Å². The number of rotatable bonds is 3. The Labute approximate surface area is 149 Å². The van der Waals surface area contributed by atoms with Gasteiger partial charge in [0.1, 0.15) is 0 Å². The quantitative estimate of drug-likeness (QED) is 0.841. The molecule has 2 heterocycles. The highest BCUT2D eigenvalue weighted by molar-refractivity contribution is 5.96. The minimum absolute atomic E-state index is 0.0850. The molecular formula is C20H28N4O. The van der Waals surface area contributed by atoms with Crippen LogP contribution in [0.4, 0.5) is 0 Å². The summed E-state index contributed by atoms with van der Waals surface area (Å²) in [5, 5.41) is 5.53. The number of hydrogen-bond acceptors (Lipinski definition) is 3. The van der Waals surface area contributed by atoms with Crippen LogP contribution in [0.1, 0.15) is 74.7 Å². The maximum absolute atomic E-state index is 13.0. The summed E-state index contributed by atoms with van der Waals surface area (Å²) in [6.45, 7) is 2.26. The second-order valence-corrected chi connectivity index (χ2v) is 7.91. The van der Waals surface area contributed by atoms with Crippen LogP contribution in [0.15, 0.2) is 18.5 Å². The van der Waals surface area contributed by atoms with E-state index in [1.54, 1.807) is 6.20 Å². The van der Waals surface area contributed by atoms with Gasteiger partial charge in [0.15, 0.2) is 5.65 Å². The van der Waals surface area contributed by atoms with Gasteiger partial charge in [0, 0.05) is 24.7 Å². The molecule has 0 bridgehead atoms. The van der Waals surface area contributed by atoms with E-state index < -0.39 is 0 Å². The zero-order valence-corrected chi connectivity index (χ0v) is 15.3. The van der Waals surface area contributed by atoms with Gasteiger partial charge in [-0.3, -0.25) is 4.79 Å². The summed E-state index contributed by atoms with van der Waals surface area (Å²) in [6, 6.07) is 2.78. The largest absolute Gasteiger partial charge is 0.338 e. The lowest BCUT2D eigenvalue weighted by Gasteiger charge is -2.36. The molecule has 2 saturated carbocycles. The first-order chi connectivity index (χ1) is 12.1. The number of hydrogen-bond donors (Lipinski definition) is 0. The van der Waals surface area contributed by atoms with Crippen LogP contribution >= 0.6 is 0 Å². The Morgan fingerprint density at radius 3 is 2.60 bits per heavy atom. The molecule has 2 atom stereocenters. The molecule has 5 heteroatoms. The van der Waals surface area contributed by atoms with Crippen LogP contribution < -0.4 is 0 Å². The maximum Gasteiger partial charge on any atom is 0.255 e. The maximum atomic E-state index is 13.0. The summed E-state index contributed by atoms with van der Waals surface area (Å²) in [5.74, 6) is 0.659. The van der Waals surface area contributed by atoms with Crippen molar-refractivity contribution in [2.45, 2.75) is 70.4 Å². The van der Waals surface area contributed by atoms with E-state index >= 15 is 0 Å². The fraction of sp³-hybridized carbons (Fsp3) is 0.650. The Kier molecular flexibility index (Phi) is 4.48. The van der Waals surface area contributed by atoms with Gasteiger partial charge in [-0.2, -0.15) is 5.10 Å². The molecule has 0 N–H and O–H groups in total. The van der Waals surface area contributed by atoms with E-state index in [1.807, 2.05) is 24.2 Å². The highest BCUT2D eigenvalue weighted by Crippen LogP contribution is 2.32. The molecule has 0 aliphatic heterocycles. The summed E-state index contributed by atoms with van der Waals surface area (Å²) in [7, 11) is 1.95. The molecular weight excluding hydrogens is 312 g/mol. The third kappa shape index (κ3) is 3.05. The van der Waals surface area contributed by atoms with Gasteiger partial charge in [0.25, 0.3) is 5.91 Å². The average molecular weight is 340 g/mol. The number of nitrogens with zero attached hydrogens (tertiary/aromatic N) is 4. The van der Waals surface area contributed by atoms with Crippen molar-refractivity contribution in [1.82, 2.24) is 19.7 Å². The topological polar surface area (TPSA) is 51.0 Å². The van der Waals surface area contributed by atoms with E-state index in [4.69, 9.17) is 0 Å². The molecule has 1 amide bonds. The first kappa shape index (κ1) is 16.6. The fourth-order valence-corrected chi connectivity index (χ4v) is 4.70. The number of amides is 1. The van der Waals surface area contributed by atoms with Gasteiger partial charge in [-0.15, -0.1) is 0 Å². The van der Waals surface area contributed by atoms with Crippen LogP contribution in [0.25, 0.3) is 11.0 Å².